The molecule has 4 rings (SSSR count). The number of aryl methyl sites for hydroxylation is 2. The first-order chi connectivity index (χ1) is 20.3. The van der Waals surface area contributed by atoms with Crippen LogP contribution in [-0.2, 0) is 11.4 Å². The van der Waals surface area contributed by atoms with Crippen molar-refractivity contribution < 1.29 is 24.2 Å². The Morgan fingerprint density at radius 3 is 2.40 bits per heavy atom. The zero-order valence-corrected chi connectivity index (χ0v) is 23.9. The summed E-state index contributed by atoms with van der Waals surface area (Å²) in [7, 11) is 0. The van der Waals surface area contributed by atoms with Crippen molar-refractivity contribution in [1.82, 2.24) is 25.6 Å². The van der Waals surface area contributed by atoms with Gasteiger partial charge in [0.05, 0.1) is 27.5 Å². The van der Waals surface area contributed by atoms with Crippen LogP contribution in [0.2, 0.25) is 0 Å². The number of thiophene rings is 1. The van der Waals surface area contributed by atoms with Crippen molar-refractivity contribution in [2.45, 2.75) is 26.5 Å². The molecule has 0 saturated carbocycles. The first-order valence-electron chi connectivity index (χ1n) is 13.0. The summed E-state index contributed by atoms with van der Waals surface area (Å²) in [5.74, 6) is -1.50. The molecule has 0 fully saturated rings. The van der Waals surface area contributed by atoms with Gasteiger partial charge in [-0.3, -0.25) is 9.59 Å². The van der Waals surface area contributed by atoms with Crippen molar-refractivity contribution in [1.29, 1.82) is 0 Å². The van der Waals surface area contributed by atoms with Gasteiger partial charge in [-0.15, -0.1) is 11.3 Å². The van der Waals surface area contributed by atoms with E-state index in [0.717, 1.165) is 11.3 Å². The summed E-state index contributed by atoms with van der Waals surface area (Å²) in [5.41, 5.74) is 2.70. The maximum atomic E-state index is 12.9. The Bertz CT molecular complexity index is 1540. The zero-order chi connectivity index (χ0) is 29.9. The highest BCUT2D eigenvalue weighted by molar-refractivity contribution is 7.12. The fraction of sp³-hybridized carbons (Fsp3) is 0.200. The molecule has 0 radical (unpaired) electrons. The summed E-state index contributed by atoms with van der Waals surface area (Å²) in [6, 6.07) is 17.4. The van der Waals surface area contributed by atoms with Crippen LogP contribution in [0.3, 0.4) is 0 Å². The van der Waals surface area contributed by atoms with Crippen molar-refractivity contribution in [3.8, 4) is 5.88 Å². The number of benzene rings is 1. The van der Waals surface area contributed by atoms with Crippen molar-refractivity contribution in [3.63, 3.8) is 0 Å². The number of carboxylic acids is 1. The quantitative estimate of drug-likeness (QED) is 0.183. The van der Waals surface area contributed by atoms with E-state index in [2.05, 4.69) is 30.9 Å². The van der Waals surface area contributed by atoms with E-state index in [9.17, 15) is 19.5 Å². The molecule has 2 amide bonds. The summed E-state index contributed by atoms with van der Waals surface area (Å²) >= 11 is 1.23. The number of carbonyl (C=O) groups excluding carboxylic acids is 2. The lowest BCUT2D eigenvalue weighted by Gasteiger charge is -2.17. The Kier molecular flexibility index (Phi) is 10.3. The predicted molar refractivity (Wildman–Crippen MR) is 160 cm³/mol. The topological polar surface area (TPSA) is 155 Å². The van der Waals surface area contributed by atoms with Crippen molar-refractivity contribution >= 4 is 41.1 Å². The van der Waals surface area contributed by atoms with Crippen LogP contribution in [0.1, 0.15) is 42.7 Å². The van der Waals surface area contributed by atoms with Gasteiger partial charge in [-0.05, 0) is 43.0 Å². The number of nitrogens with one attached hydrogen (secondary N) is 3. The van der Waals surface area contributed by atoms with Gasteiger partial charge in [0.15, 0.2) is 0 Å². The normalized spacial score (nSPS) is 11.6. The van der Waals surface area contributed by atoms with Crippen LogP contribution in [0, 0.1) is 13.8 Å². The third kappa shape index (κ3) is 8.45. The molecule has 1 unspecified atom stereocenters. The molecule has 0 bridgehead atoms. The lowest BCUT2D eigenvalue weighted by molar-refractivity contribution is -0.139. The monoisotopic (exact) mass is 586 g/mol. The van der Waals surface area contributed by atoms with E-state index >= 15 is 0 Å². The number of aliphatic carboxylic acids is 1. The molecule has 12 heteroatoms. The first-order valence-corrected chi connectivity index (χ1v) is 13.9. The number of carboxylic acid groups (broad SMARTS) is 1. The van der Waals surface area contributed by atoms with Crippen LogP contribution in [0.15, 0.2) is 72.1 Å². The molecule has 4 aromatic rings. The second-order valence-corrected chi connectivity index (χ2v) is 10.1. The largest absolute Gasteiger partial charge is 0.480 e. The summed E-state index contributed by atoms with van der Waals surface area (Å²) in [4.78, 5) is 50.5. The average Bonchev–Trinajstić information content (AvgIpc) is 3.52. The maximum absolute atomic E-state index is 12.9. The number of aromatic nitrogens is 3. The van der Waals surface area contributed by atoms with Gasteiger partial charge in [-0.25, -0.2) is 19.7 Å². The predicted octanol–water partition coefficient (Wildman–Crippen LogP) is 3.87. The number of pyridine rings is 1. The fourth-order valence-corrected chi connectivity index (χ4v) is 4.55. The second-order valence-electron chi connectivity index (χ2n) is 9.10. The Labute approximate surface area is 246 Å². The number of hydrogen-bond donors (Lipinski definition) is 4. The second kappa shape index (κ2) is 14.5. The van der Waals surface area contributed by atoms with Crippen molar-refractivity contribution in [3.05, 3.63) is 105 Å². The molecule has 3 aromatic heterocycles. The molecule has 0 aliphatic carbocycles. The van der Waals surface area contributed by atoms with Gasteiger partial charge in [0.25, 0.3) is 11.8 Å². The van der Waals surface area contributed by atoms with E-state index < -0.39 is 23.8 Å². The van der Waals surface area contributed by atoms with Crippen LogP contribution < -0.4 is 20.7 Å². The lowest BCUT2D eigenvalue weighted by Crippen LogP contribution is -2.48. The molecular weight excluding hydrogens is 556 g/mol. The van der Waals surface area contributed by atoms with Gasteiger partial charge >= 0.3 is 5.97 Å². The molecular formula is C30H30N6O5S. The molecule has 11 nitrogen and oxygen atoms in total. The van der Waals surface area contributed by atoms with Crippen molar-refractivity contribution in [2.75, 3.05) is 18.4 Å². The van der Waals surface area contributed by atoms with E-state index in [0.29, 0.717) is 41.2 Å². The van der Waals surface area contributed by atoms with Crippen LogP contribution >= 0.6 is 11.3 Å². The van der Waals surface area contributed by atoms with Crippen LogP contribution in [0.25, 0.3) is 6.08 Å². The number of rotatable bonds is 13. The SMILES string of the molecule is Cc1nc(NC/C=C/c2cccc(OCc3ccccc3)n2)nc(C)c1C(=O)NC(CNC(=O)c1cccs1)C(=O)O. The third-order valence-electron chi connectivity index (χ3n) is 5.95. The molecule has 1 atom stereocenters. The van der Waals surface area contributed by atoms with E-state index in [4.69, 9.17) is 4.74 Å². The Morgan fingerprint density at radius 1 is 0.952 bits per heavy atom. The van der Waals surface area contributed by atoms with Gasteiger partial charge in [0, 0.05) is 19.2 Å². The fourth-order valence-electron chi connectivity index (χ4n) is 3.91. The Morgan fingerprint density at radius 2 is 1.71 bits per heavy atom. The highest BCUT2D eigenvalue weighted by Gasteiger charge is 2.24. The molecule has 4 N–H and O–H groups in total. The van der Waals surface area contributed by atoms with Gasteiger partial charge in [0.1, 0.15) is 12.6 Å². The number of ether oxygens (including phenoxy) is 1. The standard InChI is InChI=1S/C30H30N6O5S/c1-19-26(28(38)36-23(29(39)40)17-32-27(37)24-13-8-16-42-24)20(2)34-30(33-19)31-15-7-12-22-11-6-14-25(35-22)41-18-21-9-4-3-5-10-21/h3-14,16,23H,15,17-18H2,1-2H3,(H,32,37)(H,36,38)(H,39,40)(H,31,33,34)/b12-7+. The number of carbonyl (C=O) groups is 3. The number of nitrogens with zero attached hydrogens (tertiary/aromatic N) is 3. The Balaban J connectivity index is 1.31. The molecule has 216 valence electrons. The van der Waals surface area contributed by atoms with Crippen LogP contribution in [0.4, 0.5) is 5.95 Å². The van der Waals surface area contributed by atoms with Gasteiger partial charge in [-0.2, -0.15) is 0 Å². The Hall–Kier alpha value is -5.10. The molecule has 0 aliphatic heterocycles. The van der Waals surface area contributed by atoms with Crippen molar-refractivity contribution in [2.24, 2.45) is 0 Å². The minimum atomic E-state index is -1.33. The number of hydrogen-bond acceptors (Lipinski definition) is 9. The van der Waals surface area contributed by atoms with E-state index in [-0.39, 0.29) is 12.1 Å². The van der Waals surface area contributed by atoms with Crippen LogP contribution in [-0.4, -0.2) is 57.0 Å². The molecule has 3 heterocycles. The van der Waals surface area contributed by atoms with Gasteiger partial charge < -0.3 is 25.8 Å². The summed E-state index contributed by atoms with van der Waals surface area (Å²) in [6.07, 6.45) is 3.70. The van der Waals surface area contributed by atoms with Crippen LogP contribution in [0.5, 0.6) is 5.88 Å². The first kappa shape index (κ1) is 29.9. The molecule has 0 saturated heterocycles. The molecule has 1 aromatic carbocycles. The average molecular weight is 587 g/mol. The van der Waals surface area contributed by atoms with Gasteiger partial charge in [-0.1, -0.05) is 48.5 Å². The summed E-state index contributed by atoms with van der Waals surface area (Å²) < 4.78 is 5.78. The van der Waals surface area contributed by atoms with E-state index in [1.54, 1.807) is 37.4 Å². The zero-order valence-electron chi connectivity index (χ0n) is 23.0. The molecule has 0 aliphatic rings. The highest BCUT2D eigenvalue weighted by atomic mass is 32.1. The molecule has 42 heavy (non-hydrogen) atoms. The third-order valence-corrected chi connectivity index (χ3v) is 6.82. The smallest absolute Gasteiger partial charge is 0.328 e. The highest BCUT2D eigenvalue weighted by Crippen LogP contribution is 2.14. The summed E-state index contributed by atoms with van der Waals surface area (Å²) in [5, 5.41) is 19.4. The molecule has 0 spiro atoms. The number of anilines is 1. The van der Waals surface area contributed by atoms with E-state index in [1.165, 1.54) is 11.3 Å². The van der Waals surface area contributed by atoms with E-state index in [1.807, 2.05) is 54.6 Å². The maximum Gasteiger partial charge on any atom is 0.328 e. The summed E-state index contributed by atoms with van der Waals surface area (Å²) in [6.45, 7) is 3.83. The van der Waals surface area contributed by atoms with Gasteiger partial charge in [0.2, 0.25) is 11.8 Å². The lowest BCUT2D eigenvalue weighted by atomic mass is 10.1. The number of amides is 2. The minimum Gasteiger partial charge on any atom is -0.480 e. The minimum absolute atomic E-state index is 0.170.